The monoisotopic (exact) mass is 399 g/mol. The number of hydrogen-bond donors (Lipinski definition) is 1. The molecule has 0 aromatic heterocycles. The molecule has 2 fully saturated rings. The molecule has 150 valence electrons. The van der Waals surface area contributed by atoms with Gasteiger partial charge in [0.05, 0.1) is 25.9 Å². The minimum atomic E-state index is 0. The third kappa shape index (κ3) is 8.89. The summed E-state index contributed by atoms with van der Waals surface area (Å²) in [7, 11) is 0. The molecule has 0 aliphatic carbocycles. The van der Waals surface area contributed by atoms with E-state index in [0.717, 1.165) is 65.3 Å². The lowest BCUT2D eigenvalue weighted by Crippen LogP contribution is -2.47. The van der Waals surface area contributed by atoms with E-state index in [4.69, 9.17) is 9.47 Å². The van der Waals surface area contributed by atoms with Gasteiger partial charge < -0.3 is 24.6 Å². The van der Waals surface area contributed by atoms with Gasteiger partial charge in [0, 0.05) is 38.6 Å². The van der Waals surface area contributed by atoms with Crippen molar-refractivity contribution in [2.75, 3.05) is 59.1 Å². The molecule has 2 heterocycles. The van der Waals surface area contributed by atoms with Crippen LogP contribution < -0.4 is 5.32 Å². The van der Waals surface area contributed by atoms with Crippen LogP contribution in [0, 0.1) is 0 Å². The van der Waals surface area contributed by atoms with Gasteiger partial charge in [-0.15, -0.1) is 24.8 Å². The van der Waals surface area contributed by atoms with Gasteiger partial charge in [-0.1, -0.05) is 13.8 Å². The molecule has 25 heavy (non-hydrogen) atoms. The van der Waals surface area contributed by atoms with Gasteiger partial charge in [0.1, 0.15) is 0 Å². The van der Waals surface area contributed by atoms with Gasteiger partial charge in [0.15, 0.2) is 0 Å². The fraction of sp³-hybridized carbons (Fsp3) is 0.941. The van der Waals surface area contributed by atoms with E-state index in [1.807, 2.05) is 4.90 Å². The van der Waals surface area contributed by atoms with E-state index in [2.05, 4.69) is 24.1 Å². The molecule has 2 aliphatic rings. The quantitative estimate of drug-likeness (QED) is 0.670. The number of nitrogens with zero attached hydrogens (tertiary/aromatic N) is 2. The number of halogens is 2. The highest BCUT2D eigenvalue weighted by Crippen LogP contribution is 2.15. The maximum atomic E-state index is 12.3. The predicted molar refractivity (Wildman–Crippen MR) is 105 cm³/mol. The van der Waals surface area contributed by atoms with E-state index in [-0.39, 0.29) is 36.8 Å². The van der Waals surface area contributed by atoms with Gasteiger partial charge in [-0.3, -0.25) is 4.79 Å². The Morgan fingerprint density at radius 3 is 2.48 bits per heavy atom. The first-order valence-corrected chi connectivity index (χ1v) is 9.15. The first kappa shape index (κ1) is 24.9. The van der Waals surface area contributed by atoms with Crippen molar-refractivity contribution in [3.8, 4) is 0 Å². The number of nitrogens with one attached hydrogen (secondary N) is 1. The summed E-state index contributed by atoms with van der Waals surface area (Å²) in [5.74, 6) is 0.245. The number of ether oxygens (including phenoxy) is 2. The van der Waals surface area contributed by atoms with Gasteiger partial charge in [-0.2, -0.15) is 0 Å². The van der Waals surface area contributed by atoms with Crippen molar-refractivity contribution >= 4 is 30.7 Å². The second kappa shape index (κ2) is 14.0. The number of likely N-dealkylation sites (N-methyl/N-ethyl adjacent to an activating group) is 1. The topological polar surface area (TPSA) is 54.0 Å². The van der Waals surface area contributed by atoms with E-state index >= 15 is 0 Å². The zero-order valence-electron chi connectivity index (χ0n) is 15.6. The number of hydrogen-bond acceptors (Lipinski definition) is 5. The molecule has 6 nitrogen and oxygen atoms in total. The van der Waals surface area contributed by atoms with Crippen LogP contribution in [-0.4, -0.2) is 86.9 Å². The minimum Gasteiger partial charge on any atom is -0.378 e. The largest absolute Gasteiger partial charge is 0.378 e. The van der Waals surface area contributed by atoms with Crippen molar-refractivity contribution in [3.63, 3.8) is 0 Å². The summed E-state index contributed by atoms with van der Waals surface area (Å²) in [5, 5.41) is 3.35. The fourth-order valence-corrected chi connectivity index (χ4v) is 3.25. The van der Waals surface area contributed by atoms with Gasteiger partial charge in [-0.05, 0) is 25.9 Å². The second-order valence-corrected chi connectivity index (χ2v) is 6.41. The highest BCUT2D eigenvalue weighted by molar-refractivity contribution is 5.85. The van der Waals surface area contributed by atoms with Crippen LogP contribution in [0.2, 0.25) is 0 Å². The fourth-order valence-electron chi connectivity index (χ4n) is 3.25. The van der Waals surface area contributed by atoms with Gasteiger partial charge in [0.25, 0.3) is 0 Å². The van der Waals surface area contributed by atoms with Crippen LogP contribution in [-0.2, 0) is 14.3 Å². The molecule has 1 N–H and O–H groups in total. The molecule has 0 saturated carbocycles. The summed E-state index contributed by atoms with van der Waals surface area (Å²) in [6.07, 6.45) is 2.77. The normalized spacial score (nSPS) is 21.6. The summed E-state index contributed by atoms with van der Waals surface area (Å²) in [6, 6.07) is 0.180. The molecular formula is C17H35Cl2N3O3. The van der Waals surface area contributed by atoms with Crippen LogP contribution in [0.25, 0.3) is 0 Å². The lowest BCUT2D eigenvalue weighted by atomic mass is 10.1. The van der Waals surface area contributed by atoms with Crippen molar-refractivity contribution in [2.45, 2.75) is 45.3 Å². The maximum absolute atomic E-state index is 12.3. The molecule has 2 aliphatic heterocycles. The molecule has 1 amide bonds. The van der Waals surface area contributed by atoms with E-state index in [1.54, 1.807) is 0 Å². The summed E-state index contributed by atoms with van der Waals surface area (Å²) in [4.78, 5) is 16.7. The SMILES string of the molecule is CCN(CC)CCOC1CCN(C(=O)CC2COCCN2)CC1.Cl.Cl. The number of piperidine rings is 1. The predicted octanol–water partition coefficient (Wildman–Crippen LogP) is 1.56. The first-order chi connectivity index (χ1) is 11.2. The van der Waals surface area contributed by atoms with Crippen molar-refractivity contribution in [1.29, 1.82) is 0 Å². The summed E-state index contributed by atoms with van der Waals surface area (Å²) in [5.41, 5.74) is 0. The van der Waals surface area contributed by atoms with Crippen molar-refractivity contribution in [2.24, 2.45) is 0 Å². The Kier molecular flexibility index (Phi) is 13.9. The number of carbonyl (C=O) groups excluding carboxylic acids is 1. The molecular weight excluding hydrogens is 365 g/mol. The Labute approximate surface area is 164 Å². The Bertz CT molecular complexity index is 346. The van der Waals surface area contributed by atoms with Crippen LogP contribution in [0.1, 0.15) is 33.1 Å². The zero-order chi connectivity index (χ0) is 16.5. The highest BCUT2D eigenvalue weighted by atomic mass is 35.5. The Morgan fingerprint density at radius 2 is 1.92 bits per heavy atom. The van der Waals surface area contributed by atoms with Gasteiger partial charge in [-0.25, -0.2) is 0 Å². The Balaban J connectivity index is 0.00000288. The van der Waals surface area contributed by atoms with Crippen LogP contribution >= 0.6 is 24.8 Å². The van der Waals surface area contributed by atoms with Crippen LogP contribution in [0.4, 0.5) is 0 Å². The first-order valence-electron chi connectivity index (χ1n) is 9.15. The molecule has 0 spiro atoms. The average Bonchev–Trinajstić information content (AvgIpc) is 2.60. The molecule has 0 aromatic rings. The number of morpholine rings is 1. The molecule has 8 heteroatoms. The van der Waals surface area contributed by atoms with E-state index in [1.165, 1.54) is 0 Å². The number of amides is 1. The number of rotatable bonds is 8. The highest BCUT2D eigenvalue weighted by Gasteiger charge is 2.25. The van der Waals surface area contributed by atoms with Crippen molar-refractivity contribution in [3.05, 3.63) is 0 Å². The van der Waals surface area contributed by atoms with Crippen LogP contribution in [0.15, 0.2) is 0 Å². The number of likely N-dealkylation sites (tertiary alicyclic amines) is 1. The van der Waals surface area contributed by atoms with E-state index < -0.39 is 0 Å². The molecule has 2 rings (SSSR count). The molecule has 0 radical (unpaired) electrons. The minimum absolute atomic E-state index is 0. The third-order valence-electron chi connectivity index (χ3n) is 4.87. The van der Waals surface area contributed by atoms with Crippen LogP contribution in [0.3, 0.4) is 0 Å². The third-order valence-corrected chi connectivity index (χ3v) is 4.87. The summed E-state index contributed by atoms with van der Waals surface area (Å²) < 4.78 is 11.4. The molecule has 0 bridgehead atoms. The lowest BCUT2D eigenvalue weighted by molar-refractivity contribution is -0.135. The van der Waals surface area contributed by atoms with Crippen molar-refractivity contribution < 1.29 is 14.3 Å². The average molecular weight is 400 g/mol. The standard InChI is InChI=1S/C17H33N3O3.2ClH/c1-3-19(4-2)10-12-23-16-5-8-20(9-6-16)17(21)13-15-14-22-11-7-18-15;;/h15-16,18H,3-14H2,1-2H3;2*1H. The Morgan fingerprint density at radius 1 is 1.24 bits per heavy atom. The summed E-state index contributed by atoms with van der Waals surface area (Å²) in [6.45, 7) is 12.2. The second-order valence-electron chi connectivity index (χ2n) is 6.41. The van der Waals surface area contributed by atoms with E-state index in [0.29, 0.717) is 19.1 Å². The maximum Gasteiger partial charge on any atom is 0.224 e. The van der Waals surface area contributed by atoms with Gasteiger partial charge >= 0.3 is 0 Å². The molecule has 0 aromatic carbocycles. The molecule has 2 saturated heterocycles. The summed E-state index contributed by atoms with van der Waals surface area (Å²) >= 11 is 0. The molecule has 1 atom stereocenters. The Hall–Kier alpha value is -0.110. The molecule has 1 unspecified atom stereocenters. The van der Waals surface area contributed by atoms with Crippen LogP contribution in [0.5, 0.6) is 0 Å². The van der Waals surface area contributed by atoms with Crippen molar-refractivity contribution in [1.82, 2.24) is 15.1 Å². The van der Waals surface area contributed by atoms with E-state index in [9.17, 15) is 4.79 Å². The number of carbonyl (C=O) groups is 1. The zero-order valence-corrected chi connectivity index (χ0v) is 17.2. The van der Waals surface area contributed by atoms with Gasteiger partial charge in [0.2, 0.25) is 5.91 Å². The smallest absolute Gasteiger partial charge is 0.224 e. The lowest BCUT2D eigenvalue weighted by Gasteiger charge is -2.34.